The predicted octanol–water partition coefficient (Wildman–Crippen LogP) is 1.82. The van der Waals surface area contributed by atoms with Crippen molar-refractivity contribution in [3.05, 3.63) is 88.6 Å². The van der Waals surface area contributed by atoms with E-state index in [1.165, 1.54) is 19.7 Å². The van der Waals surface area contributed by atoms with E-state index >= 15 is 0 Å². The lowest BCUT2D eigenvalue weighted by Crippen LogP contribution is -2.50. The van der Waals surface area contributed by atoms with E-state index in [4.69, 9.17) is 0 Å². The van der Waals surface area contributed by atoms with Gasteiger partial charge in [0.2, 0.25) is 16.0 Å². The van der Waals surface area contributed by atoms with Crippen LogP contribution in [0.3, 0.4) is 0 Å². The van der Waals surface area contributed by atoms with Gasteiger partial charge < -0.3 is 4.90 Å². The van der Waals surface area contributed by atoms with E-state index in [9.17, 15) is 18.0 Å². The molecule has 0 radical (unpaired) electrons. The highest BCUT2D eigenvalue weighted by atomic mass is 32.2. The minimum absolute atomic E-state index is 0.188. The maximum atomic E-state index is 13.3. The molecule has 0 unspecified atom stereocenters. The number of aromatic nitrogens is 5. The van der Waals surface area contributed by atoms with E-state index < -0.39 is 10.0 Å². The van der Waals surface area contributed by atoms with Crippen molar-refractivity contribution < 1.29 is 13.2 Å². The molecule has 12 heteroatoms. The molecule has 0 bridgehead atoms. The van der Waals surface area contributed by atoms with Gasteiger partial charge in [-0.25, -0.2) is 17.6 Å². The average molecular weight is 518 g/mol. The number of benzene rings is 2. The van der Waals surface area contributed by atoms with Gasteiger partial charge in [-0.15, -0.1) is 5.10 Å². The Balaban J connectivity index is 1.19. The number of nitrogens with one attached hydrogen (secondary N) is 1. The summed E-state index contributed by atoms with van der Waals surface area (Å²) in [4.78, 5) is 30.2. The molecule has 1 N–H and O–H groups in total. The zero-order chi connectivity index (χ0) is 25.7. The summed E-state index contributed by atoms with van der Waals surface area (Å²) in [5.41, 5.74) is 0.967. The number of hydrogen-bond donors (Lipinski definition) is 1. The third-order valence-electron chi connectivity index (χ3n) is 6.71. The van der Waals surface area contributed by atoms with Crippen LogP contribution in [0.5, 0.6) is 0 Å². The van der Waals surface area contributed by atoms with Gasteiger partial charge in [0, 0.05) is 32.4 Å². The Hall–Kier alpha value is -4.29. The van der Waals surface area contributed by atoms with E-state index in [2.05, 4.69) is 15.2 Å². The van der Waals surface area contributed by atoms with Crippen LogP contribution in [0.4, 0.5) is 0 Å². The molecule has 1 aliphatic rings. The van der Waals surface area contributed by atoms with Crippen LogP contribution >= 0.6 is 0 Å². The predicted molar refractivity (Wildman–Crippen MR) is 136 cm³/mol. The number of carbonyl (C=O) groups excluding carboxylic acids is 1. The second kappa shape index (κ2) is 8.68. The highest BCUT2D eigenvalue weighted by molar-refractivity contribution is 7.89. The van der Waals surface area contributed by atoms with Crippen LogP contribution in [0.1, 0.15) is 16.1 Å². The molecule has 3 aromatic heterocycles. The first-order valence-corrected chi connectivity index (χ1v) is 13.2. The molecular weight excluding hydrogens is 494 g/mol. The van der Waals surface area contributed by atoms with Gasteiger partial charge in [-0.05, 0) is 42.0 Å². The van der Waals surface area contributed by atoms with Gasteiger partial charge in [-0.2, -0.15) is 9.40 Å². The first-order valence-electron chi connectivity index (χ1n) is 11.7. The van der Waals surface area contributed by atoms with E-state index in [0.29, 0.717) is 16.8 Å². The van der Waals surface area contributed by atoms with Crippen LogP contribution in [0, 0.1) is 6.92 Å². The molecule has 11 nitrogen and oxygen atoms in total. The van der Waals surface area contributed by atoms with Crippen molar-refractivity contribution in [2.45, 2.75) is 11.8 Å². The molecular formula is C25H23N7O4S. The molecule has 1 aliphatic heterocycles. The molecule has 1 fully saturated rings. The Morgan fingerprint density at radius 1 is 0.973 bits per heavy atom. The van der Waals surface area contributed by atoms with E-state index in [-0.39, 0.29) is 48.5 Å². The van der Waals surface area contributed by atoms with Crippen molar-refractivity contribution in [3.63, 3.8) is 0 Å². The maximum absolute atomic E-state index is 13.3. The van der Waals surface area contributed by atoms with Crippen molar-refractivity contribution in [2.24, 2.45) is 0 Å². The number of amides is 1. The van der Waals surface area contributed by atoms with Crippen LogP contribution in [0.25, 0.3) is 22.2 Å². The fraction of sp³-hybridized carbons (Fsp3) is 0.200. The number of nitrogens with zero attached hydrogens (tertiary/aromatic N) is 6. The molecule has 0 spiro atoms. The number of sulfonamides is 1. The topological polar surface area (TPSA) is 126 Å². The lowest BCUT2D eigenvalue weighted by atomic mass is 10.1. The Labute approximate surface area is 211 Å². The highest BCUT2D eigenvalue weighted by Gasteiger charge is 2.31. The SMILES string of the molecule is Cc1c(C(=O)N2CCN(S(=O)(=O)c3ccc4ccccc4c3)CC2)cnn1-c1nn2cccc2c(=O)[nH]1. The monoisotopic (exact) mass is 517 g/mol. The van der Waals surface area contributed by atoms with Crippen LogP contribution in [0.15, 0.2) is 76.7 Å². The number of H-pyrrole nitrogens is 1. The van der Waals surface area contributed by atoms with Gasteiger partial charge in [0.15, 0.2) is 0 Å². The average Bonchev–Trinajstić information content (AvgIpc) is 3.55. The fourth-order valence-electron chi connectivity index (χ4n) is 4.64. The standard InChI is InChI=1S/C25H23N7O4S/c1-17-21(16-26-32(17)25-27-23(33)22-7-4-10-31(22)28-25)24(34)29-11-13-30(14-12-29)37(35,36)20-9-8-18-5-2-3-6-19(18)15-20/h2-10,15-16H,11-14H2,1H3,(H,27,28,33). The molecule has 1 amide bonds. The summed E-state index contributed by atoms with van der Waals surface area (Å²) in [5, 5.41) is 10.5. The maximum Gasteiger partial charge on any atom is 0.276 e. The number of aromatic amines is 1. The summed E-state index contributed by atoms with van der Waals surface area (Å²) in [6.45, 7) is 2.60. The summed E-state index contributed by atoms with van der Waals surface area (Å²) in [6, 6.07) is 16.1. The smallest absolute Gasteiger partial charge is 0.276 e. The van der Waals surface area contributed by atoms with Gasteiger partial charge >= 0.3 is 0 Å². The van der Waals surface area contributed by atoms with E-state index in [0.717, 1.165) is 10.8 Å². The van der Waals surface area contributed by atoms with Crippen LogP contribution in [0.2, 0.25) is 0 Å². The number of rotatable bonds is 4. The summed E-state index contributed by atoms with van der Waals surface area (Å²) >= 11 is 0. The molecule has 188 valence electrons. The van der Waals surface area contributed by atoms with E-state index in [1.807, 2.05) is 24.3 Å². The fourth-order valence-corrected chi connectivity index (χ4v) is 6.10. The van der Waals surface area contributed by atoms with Gasteiger partial charge in [0.05, 0.1) is 22.3 Å². The van der Waals surface area contributed by atoms with Crippen molar-refractivity contribution >= 4 is 32.2 Å². The third-order valence-corrected chi connectivity index (χ3v) is 8.61. The van der Waals surface area contributed by atoms with Crippen LogP contribution in [-0.2, 0) is 10.0 Å². The highest BCUT2D eigenvalue weighted by Crippen LogP contribution is 2.23. The molecule has 37 heavy (non-hydrogen) atoms. The Bertz CT molecular complexity index is 1830. The Kier molecular flexibility index (Phi) is 5.42. The molecule has 6 rings (SSSR count). The minimum Gasteiger partial charge on any atom is -0.336 e. The summed E-state index contributed by atoms with van der Waals surface area (Å²) < 4.78 is 30.8. The quantitative estimate of drug-likeness (QED) is 0.388. The normalized spacial score (nSPS) is 15.0. The first-order chi connectivity index (χ1) is 17.8. The Morgan fingerprint density at radius 3 is 2.51 bits per heavy atom. The second-order valence-electron chi connectivity index (χ2n) is 8.88. The second-order valence-corrected chi connectivity index (χ2v) is 10.8. The van der Waals surface area contributed by atoms with Gasteiger partial charge in [0.1, 0.15) is 5.52 Å². The molecule has 4 heterocycles. The molecule has 0 saturated carbocycles. The van der Waals surface area contributed by atoms with Crippen LogP contribution < -0.4 is 5.56 Å². The third kappa shape index (κ3) is 3.90. The van der Waals surface area contributed by atoms with E-state index in [1.54, 1.807) is 48.4 Å². The van der Waals surface area contributed by atoms with Crippen molar-refractivity contribution in [1.29, 1.82) is 0 Å². The molecule has 0 atom stereocenters. The van der Waals surface area contributed by atoms with Crippen LogP contribution in [-0.4, -0.2) is 74.1 Å². The Morgan fingerprint density at radius 2 is 1.73 bits per heavy atom. The van der Waals surface area contributed by atoms with Gasteiger partial charge in [-0.3, -0.25) is 14.6 Å². The van der Waals surface area contributed by atoms with Crippen molar-refractivity contribution in [3.8, 4) is 5.95 Å². The molecule has 0 aliphatic carbocycles. The lowest BCUT2D eigenvalue weighted by molar-refractivity contribution is 0.0697. The first kappa shape index (κ1) is 23.1. The van der Waals surface area contributed by atoms with Gasteiger partial charge in [0.25, 0.3) is 11.5 Å². The number of carbonyl (C=O) groups is 1. The molecule has 5 aromatic rings. The van der Waals surface area contributed by atoms with Crippen molar-refractivity contribution in [1.82, 2.24) is 33.6 Å². The number of piperazine rings is 1. The lowest BCUT2D eigenvalue weighted by Gasteiger charge is -2.34. The van der Waals surface area contributed by atoms with Crippen molar-refractivity contribution in [2.75, 3.05) is 26.2 Å². The summed E-state index contributed by atoms with van der Waals surface area (Å²) in [5.74, 6) is -0.0626. The zero-order valence-corrected chi connectivity index (χ0v) is 20.7. The zero-order valence-electron chi connectivity index (χ0n) is 19.9. The van der Waals surface area contributed by atoms with Gasteiger partial charge in [-0.1, -0.05) is 30.3 Å². The molecule has 2 aromatic carbocycles. The minimum atomic E-state index is -3.69. The largest absolute Gasteiger partial charge is 0.336 e. The summed E-state index contributed by atoms with van der Waals surface area (Å²) in [6.07, 6.45) is 3.10. The molecule has 1 saturated heterocycles. The summed E-state index contributed by atoms with van der Waals surface area (Å²) in [7, 11) is -3.69. The number of fused-ring (bicyclic) bond motifs is 2. The number of hydrogen-bond acceptors (Lipinski definition) is 6.